The van der Waals surface area contributed by atoms with Crippen LogP contribution in [-0.2, 0) is 17.6 Å². The molecule has 0 fully saturated rings. The van der Waals surface area contributed by atoms with Crippen LogP contribution < -0.4 is 24.8 Å². The van der Waals surface area contributed by atoms with Crippen molar-refractivity contribution in [2.24, 2.45) is 0 Å². The van der Waals surface area contributed by atoms with E-state index >= 15 is 0 Å². The van der Waals surface area contributed by atoms with Gasteiger partial charge in [-0.25, -0.2) is 9.37 Å². The van der Waals surface area contributed by atoms with E-state index in [0.717, 1.165) is 11.1 Å². The first-order valence-corrected chi connectivity index (χ1v) is 13.6. The highest BCUT2D eigenvalue weighted by molar-refractivity contribution is 5.99. The largest absolute Gasteiger partial charge is 0.465 e. The fourth-order valence-electron chi connectivity index (χ4n) is 6.24. The summed E-state index contributed by atoms with van der Waals surface area (Å²) in [5, 5.41) is 0.993. The molecule has 5 nitrogen and oxygen atoms in total. The van der Waals surface area contributed by atoms with Gasteiger partial charge in [0.2, 0.25) is 11.9 Å². The fraction of sp³-hybridized carbons (Fsp3) is 0.355. The van der Waals surface area contributed by atoms with Crippen LogP contribution in [0.1, 0.15) is 45.5 Å². The van der Waals surface area contributed by atoms with E-state index in [0.29, 0.717) is 58.6 Å². The average Bonchev–Trinajstić information content (AvgIpc) is 2.92. The molecule has 0 amide bonds. The molecule has 0 N–H and O–H groups in total. The molecule has 3 aliphatic heterocycles. The number of anilines is 1. The van der Waals surface area contributed by atoms with Gasteiger partial charge in [0, 0.05) is 46.6 Å². The Hall–Kier alpha value is -4.02. The molecule has 0 bridgehead atoms. The second-order valence-electron chi connectivity index (χ2n) is 10.7. The minimum Gasteiger partial charge on any atom is -0.465 e. The second kappa shape index (κ2) is 10.4. The van der Waals surface area contributed by atoms with Gasteiger partial charge in [-0.15, -0.1) is 0 Å². The summed E-state index contributed by atoms with van der Waals surface area (Å²) in [6, 6.07) is 13.6. The first-order valence-electron chi connectivity index (χ1n) is 13.6. The van der Waals surface area contributed by atoms with Gasteiger partial charge in [-0.2, -0.15) is 26.3 Å². The van der Waals surface area contributed by atoms with Crippen molar-refractivity contribution in [1.82, 2.24) is 4.58 Å². The predicted octanol–water partition coefficient (Wildman–Crippen LogP) is 5.14. The summed E-state index contributed by atoms with van der Waals surface area (Å²) in [6.45, 7) is -1.78. The van der Waals surface area contributed by atoms with E-state index in [2.05, 4.69) is 0 Å². The van der Waals surface area contributed by atoms with Crippen molar-refractivity contribution in [3.8, 4) is 11.5 Å². The van der Waals surface area contributed by atoms with Gasteiger partial charge in [-0.1, -0.05) is 18.2 Å². The van der Waals surface area contributed by atoms with Crippen molar-refractivity contribution in [3.05, 3.63) is 86.9 Å². The third-order valence-corrected chi connectivity index (χ3v) is 7.89. The molecule has 0 saturated carbocycles. The van der Waals surface area contributed by atoms with Crippen molar-refractivity contribution in [2.75, 3.05) is 38.2 Å². The van der Waals surface area contributed by atoms with Crippen LogP contribution in [0.2, 0.25) is 0 Å². The molecule has 0 aliphatic carbocycles. The highest BCUT2D eigenvalue weighted by Gasteiger charge is 2.37. The maximum Gasteiger partial charge on any atom is 0.448 e. The van der Waals surface area contributed by atoms with Gasteiger partial charge in [-0.05, 0) is 48.6 Å². The lowest BCUT2D eigenvalue weighted by molar-refractivity contribution is -0.128. The van der Waals surface area contributed by atoms with E-state index in [9.17, 15) is 31.1 Å². The molecule has 3 heterocycles. The van der Waals surface area contributed by atoms with Crippen LogP contribution in [0.25, 0.3) is 5.57 Å². The lowest BCUT2D eigenvalue weighted by Crippen LogP contribution is -2.43. The van der Waals surface area contributed by atoms with Gasteiger partial charge in [0.15, 0.2) is 0 Å². The predicted molar refractivity (Wildman–Crippen MR) is 144 cm³/mol. The number of hydrogen-bond donors (Lipinski definition) is 0. The van der Waals surface area contributed by atoms with Gasteiger partial charge in [-0.3, -0.25) is 0 Å². The highest BCUT2D eigenvalue weighted by Crippen LogP contribution is 2.43. The highest BCUT2D eigenvalue weighted by atomic mass is 19.4. The normalized spacial score (nSPS) is 16.2. The monoisotopic (exact) mass is 589 g/mol. The van der Waals surface area contributed by atoms with Crippen molar-refractivity contribution in [2.45, 2.75) is 38.0 Å². The number of hydrogen-bond acceptors (Lipinski definition) is 4. The molecule has 0 spiro atoms. The zero-order chi connectivity index (χ0) is 29.8. The molecule has 3 aromatic rings. The Kier molecular flexibility index (Phi) is 6.93. The number of ether oxygens (including phenoxy) is 2. The van der Waals surface area contributed by atoms with Crippen LogP contribution in [0.15, 0.2) is 48.5 Å². The maximum absolute atomic E-state index is 13.4. The van der Waals surface area contributed by atoms with Gasteiger partial charge in [0.1, 0.15) is 24.6 Å². The maximum atomic E-state index is 13.4. The van der Waals surface area contributed by atoms with Crippen LogP contribution in [0.5, 0.6) is 11.5 Å². The van der Waals surface area contributed by atoms with Gasteiger partial charge in [0.25, 0.3) is 0 Å². The van der Waals surface area contributed by atoms with Crippen LogP contribution in [0.4, 0.5) is 32.0 Å². The Bertz CT molecular complexity index is 1710. The molecule has 6 rings (SSSR count). The molecule has 0 atom stereocenters. The number of fused-ring (bicyclic) bond motifs is 4. The van der Waals surface area contributed by atoms with Gasteiger partial charge < -0.3 is 14.4 Å². The first-order chi connectivity index (χ1) is 19.9. The van der Waals surface area contributed by atoms with Crippen LogP contribution >= 0.6 is 0 Å². The van der Waals surface area contributed by atoms with E-state index in [1.807, 2.05) is 12.1 Å². The minimum atomic E-state index is -4.41. The molecule has 11 heteroatoms. The number of nitrogens with zero attached hydrogens (tertiary/aromatic N) is 2. The Balaban J connectivity index is 1.65. The van der Waals surface area contributed by atoms with Gasteiger partial charge >= 0.3 is 18.3 Å². The summed E-state index contributed by atoms with van der Waals surface area (Å²) in [7, 11) is 1.27. The van der Waals surface area contributed by atoms with Crippen LogP contribution in [0.3, 0.4) is 0 Å². The minimum absolute atomic E-state index is 0.226. The van der Waals surface area contributed by atoms with E-state index in [1.54, 1.807) is 36.4 Å². The molecule has 42 heavy (non-hydrogen) atoms. The zero-order valence-corrected chi connectivity index (χ0v) is 22.7. The standard InChI is InChI=1S/C31H27F6N2O3/c1-41-29(40)21-9-3-2-8-20(21)28-22-12-18-6-4-10-38(16-30(32,33)34)24(18)14-26(22)42-27-15-25-19(13-23(27)28)7-5-11-39(25)17-31(35,36)37/h2-3,8-9,12-15H,4-7,10-11,16-17H2,1H3/q+1. The van der Waals surface area contributed by atoms with Crippen molar-refractivity contribution in [1.29, 1.82) is 0 Å². The summed E-state index contributed by atoms with van der Waals surface area (Å²) in [5.74, 6) is -0.0393. The molecular formula is C31H27F6N2O3+. The third kappa shape index (κ3) is 5.32. The van der Waals surface area contributed by atoms with Gasteiger partial charge in [0.05, 0.1) is 18.7 Å². The van der Waals surface area contributed by atoms with E-state index in [4.69, 9.17) is 9.47 Å². The third-order valence-electron chi connectivity index (χ3n) is 7.89. The molecule has 3 aromatic carbocycles. The Morgan fingerprint density at radius 2 is 1.69 bits per heavy atom. The molecule has 0 aromatic heterocycles. The number of carbonyl (C=O) groups is 1. The second-order valence-corrected chi connectivity index (χ2v) is 10.7. The summed E-state index contributed by atoms with van der Waals surface area (Å²) in [6.07, 6.45) is -6.62. The lowest BCUT2D eigenvalue weighted by atomic mass is 9.86. The number of esters is 1. The quantitative estimate of drug-likeness (QED) is 0.188. The first kappa shape index (κ1) is 28.1. The van der Waals surface area contributed by atoms with Crippen molar-refractivity contribution in [3.63, 3.8) is 0 Å². The van der Waals surface area contributed by atoms with Crippen LogP contribution in [-0.4, -0.2) is 51.6 Å². The van der Waals surface area contributed by atoms with Crippen molar-refractivity contribution >= 4 is 17.2 Å². The summed E-state index contributed by atoms with van der Waals surface area (Å²) in [4.78, 5) is 14.1. The lowest BCUT2D eigenvalue weighted by Gasteiger charge is -2.34. The van der Waals surface area contributed by atoms with Crippen molar-refractivity contribution < 1.29 is 40.6 Å². The number of carbonyl (C=O) groups excluding carboxylic acids is 1. The van der Waals surface area contributed by atoms with Crippen LogP contribution in [0, 0.1) is 0 Å². The Morgan fingerprint density at radius 1 is 0.929 bits per heavy atom. The summed E-state index contributed by atoms with van der Waals surface area (Å²) in [5.41, 5.74) is 3.85. The number of halogens is 6. The SMILES string of the molecule is COC(=O)c1ccccc1C1=c2cc3c(cc2Oc2cc4c(cc21)CCCN4CC(F)(F)F)=[N+](CC(F)(F)F)CCC3. The molecule has 0 radical (unpaired) electrons. The molecule has 0 unspecified atom stereocenters. The Labute approximate surface area is 237 Å². The van der Waals surface area contributed by atoms with E-state index in [1.165, 1.54) is 16.6 Å². The number of rotatable bonds is 4. The Morgan fingerprint density at radius 3 is 2.43 bits per heavy atom. The molecule has 0 saturated heterocycles. The molecular weight excluding hydrogens is 562 g/mol. The number of alkyl halides is 6. The fourth-order valence-corrected chi connectivity index (χ4v) is 6.24. The number of methoxy groups -OCH3 is 1. The average molecular weight is 590 g/mol. The topological polar surface area (TPSA) is 41.8 Å². The zero-order valence-electron chi connectivity index (χ0n) is 22.7. The number of aryl methyl sites for hydroxylation is 2. The number of benzene rings is 3. The summed E-state index contributed by atoms with van der Waals surface area (Å²) >= 11 is 0. The molecule has 220 valence electrons. The summed E-state index contributed by atoms with van der Waals surface area (Å²) < 4.78 is 93.1. The van der Waals surface area contributed by atoms with E-state index < -0.39 is 31.4 Å². The molecule has 3 aliphatic rings. The van der Waals surface area contributed by atoms with E-state index in [-0.39, 0.29) is 30.2 Å². The smallest absolute Gasteiger partial charge is 0.448 e.